The third-order valence-electron chi connectivity index (χ3n) is 4.98. The third-order valence-corrected chi connectivity index (χ3v) is 4.98. The maximum absolute atomic E-state index is 12.6. The second kappa shape index (κ2) is 6.69. The average Bonchev–Trinajstić information content (AvgIpc) is 3.32. The molecule has 3 aromatic rings. The summed E-state index contributed by atoms with van der Waals surface area (Å²) in [7, 11) is 1.89. The number of amides is 1. The van der Waals surface area contributed by atoms with Gasteiger partial charge in [-0.15, -0.1) is 0 Å². The molecule has 0 saturated carbocycles. The Morgan fingerprint density at radius 3 is 2.80 bits per heavy atom. The molecule has 0 radical (unpaired) electrons. The Balaban J connectivity index is 1.49. The molecule has 0 unspecified atom stereocenters. The fourth-order valence-corrected chi connectivity index (χ4v) is 3.43. The van der Waals surface area contributed by atoms with Gasteiger partial charge in [-0.2, -0.15) is 0 Å². The topological polar surface area (TPSA) is 50.2 Å². The molecule has 0 bridgehead atoms. The lowest BCUT2D eigenvalue weighted by Crippen LogP contribution is -2.38. The Kier molecular flexibility index (Phi) is 4.24. The fraction of sp³-hybridized carbons (Fsp3) is 0.300. The summed E-state index contributed by atoms with van der Waals surface area (Å²) in [5, 5.41) is 3.31. The van der Waals surface area contributed by atoms with Crippen molar-refractivity contribution in [1.29, 1.82) is 0 Å². The number of nitrogens with one attached hydrogen (secondary N) is 1. The number of hydrogen-bond acceptors (Lipinski definition) is 3. The highest BCUT2D eigenvalue weighted by atomic mass is 16.2. The van der Waals surface area contributed by atoms with Crippen LogP contribution in [0.15, 0.2) is 54.9 Å². The number of hydrogen-bond donors (Lipinski definition) is 1. The minimum absolute atomic E-state index is 0.0910. The SMILES string of the molecule is CN(C(=O)c1ccc(Cn2cnc3ccccc32)cc1)[C@@H]1CCNC1. The molecular formula is C20H22N4O. The first-order chi connectivity index (χ1) is 12.2. The van der Waals surface area contributed by atoms with Crippen LogP contribution in [0.1, 0.15) is 22.3 Å². The second-order valence-electron chi connectivity index (χ2n) is 6.62. The van der Waals surface area contributed by atoms with Gasteiger partial charge in [0.25, 0.3) is 5.91 Å². The quantitative estimate of drug-likeness (QED) is 0.798. The number of para-hydroxylation sites is 2. The molecule has 1 saturated heterocycles. The highest BCUT2D eigenvalue weighted by Gasteiger charge is 2.23. The van der Waals surface area contributed by atoms with Crippen molar-refractivity contribution < 1.29 is 4.79 Å². The molecular weight excluding hydrogens is 312 g/mol. The number of benzene rings is 2. The Morgan fingerprint density at radius 2 is 2.04 bits per heavy atom. The largest absolute Gasteiger partial charge is 0.337 e. The standard InChI is InChI=1S/C20H22N4O/c1-23(17-10-11-21-12-17)20(25)16-8-6-15(7-9-16)13-24-14-22-18-4-2-3-5-19(18)24/h2-9,14,17,21H,10-13H2,1H3/t17-/m1/s1. The van der Waals surface area contributed by atoms with Crippen LogP contribution in [0.5, 0.6) is 0 Å². The van der Waals surface area contributed by atoms with Crippen molar-refractivity contribution in [2.45, 2.75) is 19.0 Å². The first-order valence-electron chi connectivity index (χ1n) is 8.69. The van der Waals surface area contributed by atoms with Gasteiger partial charge in [0.05, 0.1) is 17.4 Å². The lowest BCUT2D eigenvalue weighted by atomic mass is 10.1. The van der Waals surface area contributed by atoms with Crippen molar-refractivity contribution in [2.24, 2.45) is 0 Å². The minimum Gasteiger partial charge on any atom is -0.337 e. The van der Waals surface area contributed by atoms with Gasteiger partial charge in [-0.25, -0.2) is 4.98 Å². The summed E-state index contributed by atoms with van der Waals surface area (Å²) in [5.41, 5.74) is 4.02. The van der Waals surface area contributed by atoms with E-state index in [1.54, 1.807) is 0 Å². The molecule has 1 aliphatic rings. The Morgan fingerprint density at radius 1 is 1.24 bits per heavy atom. The van der Waals surface area contributed by atoms with Crippen molar-refractivity contribution in [3.63, 3.8) is 0 Å². The number of carbonyl (C=O) groups excluding carboxylic acids is 1. The molecule has 1 fully saturated rings. The van der Waals surface area contributed by atoms with Gasteiger partial charge in [0.15, 0.2) is 0 Å². The minimum atomic E-state index is 0.0910. The highest BCUT2D eigenvalue weighted by Crippen LogP contribution is 2.16. The van der Waals surface area contributed by atoms with E-state index in [2.05, 4.69) is 20.9 Å². The normalized spacial score (nSPS) is 17.1. The molecule has 1 N–H and O–H groups in total. The molecule has 5 nitrogen and oxygen atoms in total. The van der Waals surface area contributed by atoms with E-state index >= 15 is 0 Å². The molecule has 5 heteroatoms. The van der Waals surface area contributed by atoms with Crippen molar-refractivity contribution in [3.05, 3.63) is 66.0 Å². The summed E-state index contributed by atoms with van der Waals surface area (Å²) >= 11 is 0. The lowest BCUT2D eigenvalue weighted by molar-refractivity contribution is 0.0744. The summed E-state index contributed by atoms with van der Waals surface area (Å²) < 4.78 is 2.13. The molecule has 0 aliphatic carbocycles. The zero-order valence-corrected chi connectivity index (χ0v) is 14.4. The molecule has 25 heavy (non-hydrogen) atoms. The highest BCUT2D eigenvalue weighted by molar-refractivity contribution is 5.94. The predicted octanol–water partition coefficient (Wildman–Crippen LogP) is 2.52. The zero-order valence-electron chi connectivity index (χ0n) is 14.4. The van der Waals surface area contributed by atoms with Crippen LogP contribution >= 0.6 is 0 Å². The molecule has 1 aliphatic heterocycles. The van der Waals surface area contributed by atoms with Gasteiger partial charge in [-0.1, -0.05) is 24.3 Å². The lowest BCUT2D eigenvalue weighted by Gasteiger charge is -2.23. The molecule has 1 atom stereocenters. The van der Waals surface area contributed by atoms with Gasteiger partial charge in [-0.3, -0.25) is 4.79 Å². The molecule has 4 rings (SSSR count). The fourth-order valence-electron chi connectivity index (χ4n) is 3.43. The molecule has 1 amide bonds. The third kappa shape index (κ3) is 3.15. The van der Waals surface area contributed by atoms with Crippen LogP contribution in [-0.4, -0.2) is 46.5 Å². The van der Waals surface area contributed by atoms with E-state index in [1.807, 2.05) is 60.7 Å². The van der Waals surface area contributed by atoms with E-state index in [9.17, 15) is 4.79 Å². The molecule has 2 heterocycles. The van der Waals surface area contributed by atoms with E-state index in [-0.39, 0.29) is 5.91 Å². The van der Waals surface area contributed by atoms with Crippen LogP contribution in [0, 0.1) is 0 Å². The molecule has 128 valence electrons. The van der Waals surface area contributed by atoms with Crippen LogP contribution in [0.4, 0.5) is 0 Å². The summed E-state index contributed by atoms with van der Waals surface area (Å²) in [6.45, 7) is 2.62. The van der Waals surface area contributed by atoms with Gasteiger partial charge in [-0.05, 0) is 42.8 Å². The van der Waals surface area contributed by atoms with Crippen molar-refractivity contribution >= 4 is 16.9 Å². The van der Waals surface area contributed by atoms with E-state index < -0.39 is 0 Å². The summed E-state index contributed by atoms with van der Waals surface area (Å²) in [6.07, 6.45) is 2.89. The van der Waals surface area contributed by atoms with Gasteiger partial charge in [0.1, 0.15) is 0 Å². The van der Waals surface area contributed by atoms with E-state index in [1.165, 1.54) is 0 Å². The van der Waals surface area contributed by atoms with Crippen molar-refractivity contribution in [1.82, 2.24) is 19.8 Å². The van der Waals surface area contributed by atoms with E-state index in [0.717, 1.165) is 48.2 Å². The van der Waals surface area contributed by atoms with E-state index in [4.69, 9.17) is 0 Å². The maximum Gasteiger partial charge on any atom is 0.253 e. The zero-order chi connectivity index (χ0) is 17.2. The number of aromatic nitrogens is 2. The van der Waals surface area contributed by atoms with Crippen LogP contribution in [0.3, 0.4) is 0 Å². The number of rotatable bonds is 4. The first-order valence-corrected chi connectivity index (χ1v) is 8.69. The average molecular weight is 334 g/mol. The Labute approximate surface area is 147 Å². The van der Waals surface area contributed by atoms with Crippen LogP contribution in [0.2, 0.25) is 0 Å². The number of fused-ring (bicyclic) bond motifs is 1. The number of nitrogens with zero attached hydrogens (tertiary/aromatic N) is 3. The predicted molar refractivity (Wildman–Crippen MR) is 98.6 cm³/mol. The van der Waals surface area contributed by atoms with Gasteiger partial charge >= 0.3 is 0 Å². The van der Waals surface area contributed by atoms with Crippen LogP contribution in [-0.2, 0) is 6.54 Å². The number of likely N-dealkylation sites (N-methyl/N-ethyl adjacent to an activating group) is 1. The number of imidazole rings is 1. The van der Waals surface area contributed by atoms with Gasteiger partial charge in [0.2, 0.25) is 0 Å². The van der Waals surface area contributed by atoms with E-state index in [0.29, 0.717) is 6.04 Å². The molecule has 2 aromatic carbocycles. The first kappa shape index (κ1) is 15.8. The van der Waals surface area contributed by atoms with Crippen molar-refractivity contribution in [3.8, 4) is 0 Å². The molecule has 1 aromatic heterocycles. The second-order valence-corrected chi connectivity index (χ2v) is 6.62. The van der Waals surface area contributed by atoms with Gasteiger partial charge in [0, 0.05) is 31.7 Å². The smallest absolute Gasteiger partial charge is 0.253 e. The Hall–Kier alpha value is -2.66. The number of carbonyl (C=O) groups is 1. The monoisotopic (exact) mass is 334 g/mol. The summed E-state index contributed by atoms with van der Waals surface area (Å²) in [5.74, 6) is 0.0910. The Bertz CT molecular complexity index is 878. The van der Waals surface area contributed by atoms with Gasteiger partial charge < -0.3 is 14.8 Å². The van der Waals surface area contributed by atoms with Crippen molar-refractivity contribution in [2.75, 3.05) is 20.1 Å². The van der Waals surface area contributed by atoms with Crippen LogP contribution in [0.25, 0.3) is 11.0 Å². The summed E-state index contributed by atoms with van der Waals surface area (Å²) in [4.78, 5) is 18.9. The molecule has 0 spiro atoms. The maximum atomic E-state index is 12.6. The summed E-state index contributed by atoms with van der Waals surface area (Å²) in [6, 6.07) is 16.3. The van der Waals surface area contributed by atoms with Crippen LogP contribution < -0.4 is 5.32 Å².